The predicted octanol–water partition coefficient (Wildman–Crippen LogP) is 1.85. The van der Waals surface area contributed by atoms with Crippen molar-refractivity contribution in [1.29, 1.82) is 0 Å². The van der Waals surface area contributed by atoms with Crippen molar-refractivity contribution in [3.05, 3.63) is 11.4 Å². The zero-order valence-corrected chi connectivity index (χ0v) is 10.8. The summed E-state index contributed by atoms with van der Waals surface area (Å²) < 4.78 is 0. The second-order valence-corrected chi connectivity index (χ2v) is 6.26. The van der Waals surface area contributed by atoms with E-state index in [0.29, 0.717) is 6.54 Å². The highest BCUT2D eigenvalue weighted by atomic mass is 15.4. The Morgan fingerprint density at radius 2 is 1.75 bits per heavy atom. The standard InChI is InChI=1S/C13H23N3/c1-12(2,3)16-10-13(11-16,9-14-4)15-7-5-6-8-15/h5-11H2,1-3H3. The smallest absolute Gasteiger partial charge is 0.235 e. The fourth-order valence-electron chi connectivity index (χ4n) is 2.88. The van der Waals surface area contributed by atoms with Crippen LogP contribution in [0.5, 0.6) is 0 Å². The van der Waals surface area contributed by atoms with Crippen molar-refractivity contribution in [1.82, 2.24) is 9.80 Å². The summed E-state index contributed by atoms with van der Waals surface area (Å²) >= 11 is 0. The molecule has 0 amide bonds. The predicted molar refractivity (Wildman–Crippen MR) is 66.3 cm³/mol. The Hall–Kier alpha value is -0.590. The summed E-state index contributed by atoms with van der Waals surface area (Å²) in [5.74, 6) is 0. The lowest BCUT2D eigenvalue weighted by Crippen LogP contribution is -2.74. The Bertz CT molecular complexity index is 285. The third-order valence-electron chi connectivity index (χ3n) is 4.07. The monoisotopic (exact) mass is 221 g/mol. The summed E-state index contributed by atoms with van der Waals surface area (Å²) in [5, 5.41) is 0. The average Bonchev–Trinajstić information content (AvgIpc) is 2.61. The molecule has 90 valence electrons. The largest absolute Gasteiger partial charge is 0.315 e. The first-order valence-corrected chi connectivity index (χ1v) is 6.31. The highest BCUT2D eigenvalue weighted by Gasteiger charge is 2.53. The molecule has 0 radical (unpaired) electrons. The van der Waals surface area contributed by atoms with Crippen LogP contribution >= 0.6 is 0 Å². The van der Waals surface area contributed by atoms with Gasteiger partial charge in [-0.3, -0.25) is 9.80 Å². The van der Waals surface area contributed by atoms with E-state index in [-0.39, 0.29) is 11.1 Å². The molecule has 3 heteroatoms. The minimum atomic E-state index is 0.186. The summed E-state index contributed by atoms with van der Waals surface area (Å²) in [7, 11) is 0. The van der Waals surface area contributed by atoms with Gasteiger partial charge in [-0.1, -0.05) is 0 Å². The van der Waals surface area contributed by atoms with Gasteiger partial charge in [-0.25, -0.2) is 6.57 Å². The highest BCUT2D eigenvalue weighted by molar-refractivity contribution is 5.11. The summed E-state index contributed by atoms with van der Waals surface area (Å²) in [4.78, 5) is 8.73. The van der Waals surface area contributed by atoms with E-state index in [4.69, 9.17) is 6.57 Å². The summed E-state index contributed by atoms with van der Waals surface area (Å²) in [6, 6.07) is 0. The molecule has 2 aliphatic rings. The zero-order chi connectivity index (χ0) is 11.8. The second-order valence-electron chi connectivity index (χ2n) is 6.26. The summed E-state index contributed by atoms with van der Waals surface area (Å²) in [5.41, 5.74) is 0.441. The molecule has 0 atom stereocenters. The number of nitrogens with zero attached hydrogens (tertiary/aromatic N) is 3. The highest BCUT2D eigenvalue weighted by Crippen LogP contribution is 2.35. The van der Waals surface area contributed by atoms with E-state index in [1.54, 1.807) is 0 Å². The van der Waals surface area contributed by atoms with Crippen molar-refractivity contribution in [3.8, 4) is 0 Å². The number of hydrogen-bond acceptors (Lipinski definition) is 2. The third kappa shape index (κ3) is 1.97. The van der Waals surface area contributed by atoms with Gasteiger partial charge in [0.2, 0.25) is 6.54 Å². The normalized spacial score (nSPS) is 26.4. The van der Waals surface area contributed by atoms with Crippen molar-refractivity contribution >= 4 is 0 Å². The SMILES string of the molecule is [C-]#[N+]CC1(N2CCCC2)CN(C(C)(C)C)C1. The third-order valence-corrected chi connectivity index (χ3v) is 4.07. The van der Waals surface area contributed by atoms with Crippen molar-refractivity contribution in [2.24, 2.45) is 0 Å². The van der Waals surface area contributed by atoms with Gasteiger partial charge in [-0.05, 0) is 46.7 Å². The molecular weight excluding hydrogens is 198 g/mol. The topological polar surface area (TPSA) is 10.8 Å². The zero-order valence-electron chi connectivity index (χ0n) is 10.8. The van der Waals surface area contributed by atoms with Crippen LogP contribution in [-0.2, 0) is 0 Å². The van der Waals surface area contributed by atoms with E-state index in [2.05, 4.69) is 35.4 Å². The van der Waals surface area contributed by atoms with Crippen LogP contribution in [0.1, 0.15) is 33.6 Å². The lowest BCUT2D eigenvalue weighted by atomic mass is 9.83. The number of likely N-dealkylation sites (tertiary alicyclic amines) is 2. The van der Waals surface area contributed by atoms with E-state index >= 15 is 0 Å². The maximum absolute atomic E-state index is 7.16. The first-order chi connectivity index (χ1) is 7.48. The maximum Gasteiger partial charge on any atom is 0.235 e. The maximum atomic E-state index is 7.16. The van der Waals surface area contributed by atoms with Gasteiger partial charge in [0.15, 0.2) is 0 Å². The average molecular weight is 221 g/mol. The quantitative estimate of drug-likeness (QED) is 0.659. The van der Waals surface area contributed by atoms with Crippen LogP contribution in [0.15, 0.2) is 0 Å². The fraction of sp³-hybridized carbons (Fsp3) is 0.923. The first kappa shape index (κ1) is 11.9. The summed E-state index contributed by atoms with van der Waals surface area (Å²) in [6.45, 7) is 19.2. The lowest BCUT2D eigenvalue weighted by Gasteiger charge is -2.56. The molecule has 0 saturated carbocycles. The van der Waals surface area contributed by atoms with Crippen LogP contribution in [0.4, 0.5) is 0 Å². The molecule has 0 bridgehead atoms. The van der Waals surface area contributed by atoms with Crippen molar-refractivity contribution in [3.63, 3.8) is 0 Å². The Labute approximate surface area is 99.2 Å². The van der Waals surface area contributed by atoms with Gasteiger partial charge in [0.25, 0.3) is 0 Å². The van der Waals surface area contributed by atoms with Gasteiger partial charge in [-0.2, -0.15) is 0 Å². The molecular formula is C13H23N3. The Morgan fingerprint density at radius 3 is 2.19 bits per heavy atom. The second kappa shape index (κ2) is 4.01. The Balaban J connectivity index is 2.02. The Kier molecular flexibility index (Phi) is 2.98. The van der Waals surface area contributed by atoms with Crippen LogP contribution in [0.2, 0.25) is 0 Å². The molecule has 0 unspecified atom stereocenters. The van der Waals surface area contributed by atoms with E-state index < -0.39 is 0 Å². The van der Waals surface area contributed by atoms with E-state index in [1.165, 1.54) is 25.9 Å². The van der Waals surface area contributed by atoms with Gasteiger partial charge in [-0.15, -0.1) is 0 Å². The number of rotatable bonds is 2. The minimum Gasteiger partial charge on any atom is -0.315 e. The lowest BCUT2D eigenvalue weighted by molar-refractivity contribution is -0.0770. The minimum absolute atomic E-state index is 0.186. The molecule has 0 N–H and O–H groups in total. The van der Waals surface area contributed by atoms with Crippen LogP contribution in [0, 0.1) is 6.57 Å². The molecule has 2 heterocycles. The van der Waals surface area contributed by atoms with Gasteiger partial charge in [0.1, 0.15) is 5.54 Å². The molecule has 16 heavy (non-hydrogen) atoms. The molecule has 0 spiro atoms. The van der Waals surface area contributed by atoms with E-state index in [1.807, 2.05) is 0 Å². The molecule has 0 aromatic rings. The van der Waals surface area contributed by atoms with E-state index in [0.717, 1.165) is 13.1 Å². The van der Waals surface area contributed by atoms with Gasteiger partial charge in [0, 0.05) is 18.6 Å². The molecule has 2 aliphatic heterocycles. The molecule has 2 saturated heterocycles. The molecule has 2 rings (SSSR count). The van der Waals surface area contributed by atoms with Crippen molar-refractivity contribution < 1.29 is 0 Å². The number of hydrogen-bond donors (Lipinski definition) is 0. The van der Waals surface area contributed by atoms with Gasteiger partial charge >= 0.3 is 0 Å². The fourth-order valence-corrected chi connectivity index (χ4v) is 2.88. The van der Waals surface area contributed by atoms with Crippen LogP contribution < -0.4 is 0 Å². The van der Waals surface area contributed by atoms with E-state index in [9.17, 15) is 0 Å². The molecule has 2 fully saturated rings. The molecule has 0 aromatic heterocycles. The molecule has 3 nitrogen and oxygen atoms in total. The molecule has 0 aromatic carbocycles. The Morgan fingerprint density at radius 1 is 1.19 bits per heavy atom. The van der Waals surface area contributed by atoms with Crippen molar-refractivity contribution in [2.45, 2.75) is 44.7 Å². The van der Waals surface area contributed by atoms with Crippen LogP contribution in [0.3, 0.4) is 0 Å². The summed E-state index contributed by atoms with van der Waals surface area (Å²) in [6.07, 6.45) is 2.63. The first-order valence-electron chi connectivity index (χ1n) is 6.31. The van der Waals surface area contributed by atoms with Gasteiger partial charge < -0.3 is 4.85 Å². The molecule has 0 aliphatic carbocycles. The van der Waals surface area contributed by atoms with Gasteiger partial charge in [0.05, 0.1) is 0 Å². The van der Waals surface area contributed by atoms with Crippen LogP contribution in [0.25, 0.3) is 4.85 Å². The van der Waals surface area contributed by atoms with Crippen LogP contribution in [-0.4, -0.2) is 53.6 Å². The van der Waals surface area contributed by atoms with Crippen molar-refractivity contribution in [2.75, 3.05) is 32.7 Å².